The van der Waals surface area contributed by atoms with Gasteiger partial charge in [0.15, 0.2) is 0 Å². The fourth-order valence-electron chi connectivity index (χ4n) is 3.04. The van der Waals surface area contributed by atoms with Gasteiger partial charge in [0, 0.05) is 11.1 Å². The highest BCUT2D eigenvalue weighted by Crippen LogP contribution is 2.40. The fraction of sp³-hybridized carbons (Fsp3) is 0.400. The van der Waals surface area contributed by atoms with Crippen LogP contribution in [0.15, 0.2) is 12.1 Å². The first-order chi connectivity index (χ1) is 8.76. The van der Waals surface area contributed by atoms with Crippen molar-refractivity contribution < 1.29 is 4.74 Å². The molecule has 3 rings (SSSR count). The molecule has 3 heteroatoms. The molecule has 1 aliphatic rings. The molecular formula is C15H16N2O. The lowest BCUT2D eigenvalue weighted by Gasteiger charge is -2.17. The second-order valence-electron chi connectivity index (χ2n) is 4.93. The molecule has 2 aromatic rings. The van der Waals surface area contributed by atoms with Crippen molar-refractivity contribution in [2.75, 3.05) is 7.11 Å². The Balaban J connectivity index is 2.38. The monoisotopic (exact) mass is 240 g/mol. The van der Waals surface area contributed by atoms with Crippen LogP contribution in [0.5, 0.6) is 5.75 Å². The highest BCUT2D eigenvalue weighted by Gasteiger charge is 2.26. The van der Waals surface area contributed by atoms with Gasteiger partial charge in [-0.3, -0.25) is 0 Å². The highest BCUT2D eigenvalue weighted by molar-refractivity contribution is 5.93. The number of fused-ring (bicyclic) bond motifs is 3. The van der Waals surface area contributed by atoms with Gasteiger partial charge in [-0.15, -0.1) is 0 Å². The number of nitrogens with zero attached hydrogens (tertiary/aromatic N) is 1. The zero-order valence-corrected chi connectivity index (χ0v) is 10.7. The number of nitrogens with one attached hydrogen (secondary N) is 1. The van der Waals surface area contributed by atoms with Crippen molar-refractivity contribution in [3.05, 3.63) is 29.0 Å². The second kappa shape index (κ2) is 4.06. The third kappa shape index (κ3) is 1.42. The molecule has 1 atom stereocenters. The molecule has 1 heterocycles. The number of hydrogen-bond acceptors (Lipinski definition) is 2. The van der Waals surface area contributed by atoms with Crippen molar-refractivity contribution >= 4 is 10.9 Å². The molecule has 3 nitrogen and oxygen atoms in total. The van der Waals surface area contributed by atoms with E-state index in [0.29, 0.717) is 0 Å². The minimum atomic E-state index is 0.0216. The molecule has 92 valence electrons. The summed E-state index contributed by atoms with van der Waals surface area (Å²) in [5, 5.41) is 10.5. The molecular weight excluding hydrogens is 224 g/mol. The predicted molar refractivity (Wildman–Crippen MR) is 70.9 cm³/mol. The van der Waals surface area contributed by atoms with E-state index in [1.165, 1.54) is 22.2 Å². The normalized spacial score (nSPS) is 18.4. The Labute approximate surface area is 106 Å². The quantitative estimate of drug-likeness (QED) is 0.830. The van der Waals surface area contributed by atoms with E-state index in [0.717, 1.165) is 30.5 Å². The van der Waals surface area contributed by atoms with E-state index in [-0.39, 0.29) is 5.92 Å². The maximum absolute atomic E-state index is 9.34. The summed E-state index contributed by atoms with van der Waals surface area (Å²) < 4.78 is 5.41. The number of benzene rings is 1. The Bertz CT molecular complexity index is 649. The van der Waals surface area contributed by atoms with Crippen LogP contribution in [0.25, 0.3) is 10.9 Å². The van der Waals surface area contributed by atoms with Crippen molar-refractivity contribution in [1.29, 1.82) is 5.26 Å². The Kier molecular flexibility index (Phi) is 2.52. The number of rotatable bonds is 1. The molecule has 0 fully saturated rings. The Morgan fingerprint density at radius 1 is 1.44 bits per heavy atom. The zero-order valence-electron chi connectivity index (χ0n) is 10.7. The van der Waals surface area contributed by atoms with Crippen molar-refractivity contribution in [2.45, 2.75) is 32.1 Å². The van der Waals surface area contributed by atoms with Crippen LogP contribution in [0.3, 0.4) is 0 Å². The summed E-state index contributed by atoms with van der Waals surface area (Å²) in [6.45, 7) is 2.10. The first kappa shape index (κ1) is 11.2. The van der Waals surface area contributed by atoms with Gasteiger partial charge >= 0.3 is 0 Å². The standard InChI is InChI=1S/C15H16N2O/c1-9-6-7-12(18-2)15-13(9)14-10(8-16)4-3-5-11(14)17-15/h6-7,10,17H,3-5H2,1-2H3. The molecule has 1 unspecified atom stereocenters. The number of H-pyrrole nitrogens is 1. The number of aromatic amines is 1. The van der Waals surface area contributed by atoms with Gasteiger partial charge in [0.25, 0.3) is 0 Å². The van der Waals surface area contributed by atoms with Gasteiger partial charge < -0.3 is 9.72 Å². The lowest BCUT2D eigenvalue weighted by molar-refractivity contribution is 0.419. The van der Waals surface area contributed by atoms with E-state index >= 15 is 0 Å². The van der Waals surface area contributed by atoms with Crippen LogP contribution < -0.4 is 4.74 Å². The van der Waals surface area contributed by atoms with Crippen molar-refractivity contribution in [3.8, 4) is 11.8 Å². The molecule has 0 aliphatic heterocycles. The Morgan fingerprint density at radius 3 is 3.00 bits per heavy atom. The van der Waals surface area contributed by atoms with Crippen LogP contribution in [0, 0.1) is 18.3 Å². The minimum absolute atomic E-state index is 0.0216. The Morgan fingerprint density at radius 2 is 2.28 bits per heavy atom. The van der Waals surface area contributed by atoms with Crippen LogP contribution in [-0.2, 0) is 6.42 Å². The molecule has 1 N–H and O–H groups in total. The SMILES string of the molecule is COc1ccc(C)c2c3c([nH]c12)CCCC3C#N. The Hall–Kier alpha value is -1.95. The third-order valence-corrected chi connectivity index (χ3v) is 3.89. The molecule has 0 bridgehead atoms. The summed E-state index contributed by atoms with van der Waals surface area (Å²) >= 11 is 0. The maximum atomic E-state index is 9.34. The maximum Gasteiger partial charge on any atom is 0.142 e. The van der Waals surface area contributed by atoms with Crippen molar-refractivity contribution in [3.63, 3.8) is 0 Å². The number of ether oxygens (including phenoxy) is 1. The molecule has 0 amide bonds. The van der Waals surface area contributed by atoms with Crippen LogP contribution in [0.1, 0.15) is 35.6 Å². The van der Waals surface area contributed by atoms with Crippen molar-refractivity contribution in [1.82, 2.24) is 4.98 Å². The van der Waals surface area contributed by atoms with E-state index in [9.17, 15) is 5.26 Å². The summed E-state index contributed by atoms with van der Waals surface area (Å²) in [7, 11) is 1.69. The number of nitriles is 1. The molecule has 0 saturated carbocycles. The molecule has 18 heavy (non-hydrogen) atoms. The zero-order chi connectivity index (χ0) is 12.7. The van der Waals surface area contributed by atoms with E-state index in [1.54, 1.807) is 7.11 Å². The van der Waals surface area contributed by atoms with E-state index in [4.69, 9.17) is 4.74 Å². The van der Waals surface area contributed by atoms with Crippen LogP contribution >= 0.6 is 0 Å². The van der Waals surface area contributed by atoms with Gasteiger partial charge in [-0.2, -0.15) is 5.26 Å². The van der Waals surface area contributed by atoms with Gasteiger partial charge in [0.05, 0.1) is 24.6 Å². The van der Waals surface area contributed by atoms with Gasteiger partial charge in [0.1, 0.15) is 5.75 Å². The van der Waals surface area contributed by atoms with Gasteiger partial charge in [-0.1, -0.05) is 6.07 Å². The first-order valence-electron chi connectivity index (χ1n) is 6.34. The topological polar surface area (TPSA) is 48.8 Å². The number of hydrogen-bond donors (Lipinski definition) is 1. The van der Waals surface area contributed by atoms with Crippen LogP contribution in [0.4, 0.5) is 0 Å². The first-order valence-corrected chi connectivity index (χ1v) is 6.34. The number of aryl methyl sites for hydroxylation is 2. The van der Waals surface area contributed by atoms with Gasteiger partial charge in [-0.25, -0.2) is 0 Å². The van der Waals surface area contributed by atoms with Crippen LogP contribution in [0.2, 0.25) is 0 Å². The van der Waals surface area contributed by atoms with E-state index in [1.807, 2.05) is 6.07 Å². The summed E-state index contributed by atoms with van der Waals surface area (Å²) in [5.74, 6) is 0.884. The molecule has 0 radical (unpaired) electrons. The summed E-state index contributed by atoms with van der Waals surface area (Å²) in [6.07, 6.45) is 3.08. The molecule has 0 spiro atoms. The van der Waals surface area contributed by atoms with Gasteiger partial charge in [0.2, 0.25) is 0 Å². The summed E-state index contributed by atoms with van der Waals surface area (Å²) in [5.41, 5.74) is 4.68. The third-order valence-electron chi connectivity index (χ3n) is 3.89. The molecule has 1 aliphatic carbocycles. The predicted octanol–water partition coefficient (Wildman–Crippen LogP) is 3.43. The highest BCUT2D eigenvalue weighted by atomic mass is 16.5. The average Bonchev–Trinajstić information content (AvgIpc) is 2.79. The molecule has 1 aromatic heterocycles. The minimum Gasteiger partial charge on any atom is -0.495 e. The largest absolute Gasteiger partial charge is 0.495 e. The smallest absolute Gasteiger partial charge is 0.142 e. The molecule has 1 aromatic carbocycles. The number of methoxy groups -OCH3 is 1. The van der Waals surface area contributed by atoms with Gasteiger partial charge in [-0.05, 0) is 43.4 Å². The lowest BCUT2D eigenvalue weighted by Crippen LogP contribution is -2.06. The number of aromatic nitrogens is 1. The summed E-state index contributed by atoms with van der Waals surface area (Å²) in [6, 6.07) is 6.50. The lowest BCUT2D eigenvalue weighted by atomic mass is 9.85. The fourth-order valence-corrected chi connectivity index (χ4v) is 3.04. The van der Waals surface area contributed by atoms with Crippen molar-refractivity contribution in [2.24, 2.45) is 0 Å². The van der Waals surface area contributed by atoms with Crippen LogP contribution in [-0.4, -0.2) is 12.1 Å². The molecule has 0 saturated heterocycles. The second-order valence-corrected chi connectivity index (χ2v) is 4.93. The van der Waals surface area contributed by atoms with E-state index in [2.05, 4.69) is 24.0 Å². The average molecular weight is 240 g/mol. The van der Waals surface area contributed by atoms with E-state index < -0.39 is 0 Å². The summed E-state index contributed by atoms with van der Waals surface area (Å²) in [4.78, 5) is 3.46.